The van der Waals surface area contributed by atoms with Gasteiger partial charge in [-0.15, -0.1) is 0 Å². The monoisotopic (exact) mass is 1480 g/mol. The minimum Gasteiger partial charge on any atom is -0.507 e. The Hall–Kier alpha value is -12.2. The lowest BCUT2D eigenvalue weighted by Crippen LogP contribution is -2.51. The molecule has 7 nitrogen and oxygen atoms in total. The quantitative estimate of drug-likeness (QED) is 0.0226. The van der Waals surface area contributed by atoms with Crippen molar-refractivity contribution in [2.75, 3.05) is 0 Å². The van der Waals surface area contributed by atoms with Crippen LogP contribution in [0, 0.1) is 0 Å². The molecular formula is C105H105NO6. The van der Waals surface area contributed by atoms with Crippen LogP contribution < -0.4 is 0 Å². The van der Waals surface area contributed by atoms with Crippen molar-refractivity contribution >= 4 is 69.9 Å². The first-order chi connectivity index (χ1) is 54.4. The second-order valence-electron chi connectivity index (χ2n) is 30.2. The zero-order valence-corrected chi connectivity index (χ0v) is 65.5. The topological polar surface area (TPSA) is 125 Å². The Labute approximate surface area is 663 Å². The Bertz CT molecular complexity index is 4450. The fourth-order valence-corrected chi connectivity index (χ4v) is 15.6. The lowest BCUT2D eigenvalue weighted by Gasteiger charge is -2.45. The highest BCUT2D eigenvalue weighted by Gasteiger charge is 2.33. The summed E-state index contributed by atoms with van der Waals surface area (Å²) in [7, 11) is 0. The Morgan fingerprint density at radius 2 is 0.357 bits per heavy atom. The highest BCUT2D eigenvalue weighted by molar-refractivity contribution is 5.86. The van der Waals surface area contributed by atoms with Gasteiger partial charge < -0.3 is 30.6 Å². The minimum atomic E-state index is -0.0787. The summed E-state index contributed by atoms with van der Waals surface area (Å²) in [6, 6.07) is 98.0. The zero-order chi connectivity index (χ0) is 78.3. The van der Waals surface area contributed by atoms with Gasteiger partial charge in [0, 0.05) is 51.5 Å². The number of phenols is 6. The summed E-state index contributed by atoms with van der Waals surface area (Å²) in [5, 5.41) is 70.2. The van der Waals surface area contributed by atoms with Crippen molar-refractivity contribution in [3.8, 4) is 34.5 Å². The predicted molar refractivity (Wildman–Crippen MR) is 472 cm³/mol. The molecule has 0 fully saturated rings. The Morgan fingerprint density at radius 3 is 0.500 bits per heavy atom. The van der Waals surface area contributed by atoms with Crippen molar-refractivity contribution < 1.29 is 30.6 Å². The van der Waals surface area contributed by atoms with Crippen molar-refractivity contribution in [2.45, 2.75) is 137 Å². The van der Waals surface area contributed by atoms with Crippen molar-refractivity contribution in [2.24, 2.45) is 0 Å². The molecule has 0 bridgehead atoms. The smallest absolute Gasteiger partial charge is 0.122 e. The van der Waals surface area contributed by atoms with Crippen molar-refractivity contribution in [1.82, 2.24) is 4.90 Å². The molecule has 0 heterocycles. The first-order valence-electron chi connectivity index (χ1n) is 39.5. The van der Waals surface area contributed by atoms with Crippen LogP contribution in [-0.2, 0) is 38.5 Å². The van der Waals surface area contributed by atoms with E-state index in [4.69, 9.17) is 0 Å². The highest BCUT2D eigenvalue weighted by Crippen LogP contribution is 2.38. The van der Waals surface area contributed by atoms with E-state index >= 15 is 0 Å². The van der Waals surface area contributed by atoms with E-state index in [9.17, 15) is 30.6 Å². The van der Waals surface area contributed by atoms with Crippen LogP contribution in [0.3, 0.4) is 0 Å². The molecule has 0 aliphatic carbocycles. The van der Waals surface area contributed by atoms with Gasteiger partial charge in [0.05, 0.1) is 0 Å². The highest BCUT2D eigenvalue weighted by atomic mass is 16.3. The van der Waals surface area contributed by atoms with Crippen LogP contribution in [0.5, 0.6) is 34.5 Å². The summed E-state index contributed by atoms with van der Waals surface area (Å²) < 4.78 is 0. The molecule has 12 aromatic carbocycles. The minimum absolute atomic E-state index is 0.0787. The molecule has 0 aromatic heterocycles. The van der Waals surface area contributed by atoms with Crippen LogP contribution >= 0.6 is 0 Å². The molecule has 0 amide bonds. The Balaban J connectivity index is 1.03. The summed E-state index contributed by atoms with van der Waals surface area (Å²) in [4.78, 5) is 2.92. The summed E-state index contributed by atoms with van der Waals surface area (Å²) in [5.74, 6) is 1.30. The van der Waals surface area contributed by atoms with E-state index in [1.54, 1.807) is 0 Å². The number of hydrogen-bond acceptors (Lipinski definition) is 7. The van der Waals surface area contributed by atoms with Crippen LogP contribution in [0.15, 0.2) is 291 Å². The van der Waals surface area contributed by atoms with Gasteiger partial charge in [-0.05, 0) is 328 Å². The maximum atomic E-state index is 11.7. The molecule has 6 N–H and O–H groups in total. The van der Waals surface area contributed by atoms with Gasteiger partial charge in [-0.3, -0.25) is 4.90 Å². The molecule has 0 spiro atoms. The normalized spacial score (nSPS) is 13.3. The molecule has 7 heteroatoms. The van der Waals surface area contributed by atoms with E-state index in [-0.39, 0.29) is 52.6 Å². The van der Waals surface area contributed by atoms with E-state index in [2.05, 4.69) is 228 Å². The SMILES string of the molecule is CC(=Cc1cc(CCC(CCc2ccc(O)c(C=C(C)c3ccccc3)c2)N(C(CCc2ccc(O)c(C=C(C)c3ccccc3)c2)CCc2ccc(O)c(C=C(C)c3ccccc3)c2)C(CCc2ccc(O)c(C=C(C)c3ccccc3)c2)CCc2ccc(O)c(C=C(C)c3ccccc3)c2)ccc1O)c1ccccc1. The average molecular weight is 1480 g/mol. The third-order valence-electron chi connectivity index (χ3n) is 22.0. The number of phenolic OH excluding ortho intramolecular Hbond substituents is 6. The number of rotatable bonds is 33. The molecule has 112 heavy (non-hydrogen) atoms. The second kappa shape index (κ2) is 39.0. The molecule has 0 unspecified atom stereocenters. The van der Waals surface area contributed by atoms with Crippen LogP contribution in [0.25, 0.3) is 69.9 Å². The fourth-order valence-electron chi connectivity index (χ4n) is 15.6. The van der Waals surface area contributed by atoms with E-state index in [1.165, 1.54) is 0 Å². The average Bonchev–Trinajstić information content (AvgIpc) is 0.809. The zero-order valence-electron chi connectivity index (χ0n) is 65.5. The van der Waals surface area contributed by atoms with Gasteiger partial charge in [0.25, 0.3) is 0 Å². The molecule has 12 rings (SSSR count). The molecule has 0 saturated carbocycles. The van der Waals surface area contributed by atoms with Crippen LogP contribution in [0.1, 0.15) is 180 Å². The lowest BCUT2D eigenvalue weighted by molar-refractivity contribution is 0.0487. The van der Waals surface area contributed by atoms with Gasteiger partial charge in [0.1, 0.15) is 34.5 Å². The van der Waals surface area contributed by atoms with E-state index in [1.807, 2.05) is 146 Å². The summed E-state index contributed by atoms with van der Waals surface area (Å²) >= 11 is 0. The van der Waals surface area contributed by atoms with Crippen LogP contribution in [-0.4, -0.2) is 53.7 Å². The Morgan fingerprint density at radius 1 is 0.214 bits per heavy atom. The molecular weight excluding hydrogens is 1370 g/mol. The molecule has 0 radical (unpaired) electrons. The first kappa shape index (κ1) is 79.4. The van der Waals surface area contributed by atoms with Crippen LogP contribution in [0.2, 0.25) is 0 Å². The van der Waals surface area contributed by atoms with Crippen molar-refractivity contribution in [1.29, 1.82) is 0 Å². The van der Waals surface area contributed by atoms with Gasteiger partial charge in [-0.2, -0.15) is 0 Å². The van der Waals surface area contributed by atoms with Crippen molar-refractivity contribution in [3.63, 3.8) is 0 Å². The van der Waals surface area contributed by atoms with Gasteiger partial charge in [0.15, 0.2) is 0 Å². The largest absolute Gasteiger partial charge is 0.507 e. The molecule has 12 aromatic rings. The van der Waals surface area contributed by atoms with E-state index < -0.39 is 0 Å². The predicted octanol–water partition coefficient (Wildman–Crippen LogP) is 25.8. The number of aryl methyl sites for hydroxylation is 6. The number of benzene rings is 12. The third-order valence-corrected chi connectivity index (χ3v) is 22.0. The first-order valence-corrected chi connectivity index (χ1v) is 39.5. The van der Waals surface area contributed by atoms with Gasteiger partial charge >= 0.3 is 0 Å². The number of aromatic hydroxyl groups is 6. The maximum Gasteiger partial charge on any atom is 0.122 e. The molecule has 0 aliphatic heterocycles. The summed E-state index contributed by atoms with van der Waals surface area (Å²) in [5.41, 5.74) is 23.9. The van der Waals surface area contributed by atoms with E-state index in [0.717, 1.165) is 172 Å². The van der Waals surface area contributed by atoms with Crippen molar-refractivity contribution in [3.05, 3.63) is 391 Å². The van der Waals surface area contributed by atoms with Gasteiger partial charge in [-0.25, -0.2) is 0 Å². The third kappa shape index (κ3) is 22.1. The lowest BCUT2D eigenvalue weighted by atomic mass is 9.87. The fraction of sp³-hybridized carbons (Fsp3) is 0.200. The second-order valence-corrected chi connectivity index (χ2v) is 30.2. The number of nitrogens with zero attached hydrogens (tertiary/aromatic N) is 1. The standard InChI is InChI=1S/C105H105NO6/c1-73(85-25-13-7-14-26-85)61-91-67-79(43-55-100(91)107)37-49-97(50-38-80-44-56-101(108)92(68-80)62-74(2)86-27-15-8-16-28-86)106(98(51-39-81-45-57-102(109)93(69-81)63-75(3)87-29-17-9-18-30-87)52-40-82-46-58-103(110)94(70-82)64-76(4)88-31-19-10-20-32-88)99(53-41-83-47-59-104(111)95(71-83)65-77(5)89-33-21-11-22-34-89)54-42-84-48-60-105(112)96(72-84)66-78(6)90-35-23-12-24-36-90/h7-36,43-48,55-72,97-99,107-112H,37-42,49-54H2,1-6H3. The van der Waals surface area contributed by atoms with Crippen LogP contribution in [0.4, 0.5) is 0 Å². The maximum absolute atomic E-state index is 11.7. The van der Waals surface area contributed by atoms with Gasteiger partial charge in [0.2, 0.25) is 0 Å². The summed E-state index contributed by atoms with van der Waals surface area (Å²) in [6.45, 7) is 12.6. The number of hydrogen-bond donors (Lipinski definition) is 6. The molecule has 0 aliphatic rings. The molecule has 0 saturated heterocycles. The van der Waals surface area contributed by atoms with Gasteiger partial charge in [-0.1, -0.05) is 218 Å². The van der Waals surface area contributed by atoms with E-state index in [0.29, 0.717) is 38.5 Å². The summed E-state index contributed by atoms with van der Waals surface area (Å²) in [6.07, 6.45) is 21.1. The molecule has 566 valence electrons. The number of allylic oxidation sites excluding steroid dienone is 6. The Kier molecular flexibility index (Phi) is 27.6. The molecule has 0 atom stereocenters.